The molecule has 2 fully saturated rings. The zero-order chi connectivity index (χ0) is 18.7. The quantitative estimate of drug-likeness (QED) is 0.765. The van der Waals surface area contributed by atoms with Crippen LogP contribution in [-0.2, 0) is 24.4 Å². The number of halogens is 1. The fraction of sp³-hybridized carbons (Fsp3) is 0.545. The molecule has 1 aromatic carbocycles. The lowest BCUT2D eigenvalue weighted by Gasteiger charge is -2.40. The second-order valence-corrected chi connectivity index (χ2v) is 8.20. The van der Waals surface area contributed by atoms with E-state index in [2.05, 4.69) is 15.9 Å². The summed E-state index contributed by atoms with van der Waals surface area (Å²) in [4.78, 5) is 5.07. The molecule has 2 aromatic rings. The number of benzene rings is 1. The van der Waals surface area contributed by atoms with E-state index >= 15 is 0 Å². The first-order chi connectivity index (χ1) is 13.1. The maximum Gasteiger partial charge on any atom is 0.129 e. The van der Waals surface area contributed by atoms with Gasteiger partial charge < -0.3 is 9.15 Å². The molecule has 2 aliphatic heterocycles. The highest BCUT2D eigenvalue weighted by Crippen LogP contribution is 2.39. The molecule has 0 N–H and O–H groups in total. The fourth-order valence-corrected chi connectivity index (χ4v) is 4.74. The minimum atomic E-state index is -0.160. The Kier molecular flexibility index (Phi) is 5.62. The van der Waals surface area contributed by atoms with Crippen LogP contribution in [0.3, 0.4) is 0 Å². The van der Waals surface area contributed by atoms with Crippen LogP contribution < -0.4 is 0 Å². The lowest BCUT2D eigenvalue weighted by Crippen LogP contribution is -2.44. The zero-order valence-corrected chi connectivity index (χ0v) is 16.1. The van der Waals surface area contributed by atoms with Crippen molar-refractivity contribution in [3.05, 3.63) is 59.3 Å². The van der Waals surface area contributed by atoms with Crippen molar-refractivity contribution in [3.63, 3.8) is 0 Å². The van der Waals surface area contributed by atoms with Gasteiger partial charge in [-0.25, -0.2) is 4.39 Å². The summed E-state index contributed by atoms with van der Waals surface area (Å²) in [5.41, 5.74) is 1.59. The summed E-state index contributed by atoms with van der Waals surface area (Å²) in [6, 6.07) is 11.0. The van der Waals surface area contributed by atoms with E-state index in [9.17, 15) is 4.39 Å². The van der Waals surface area contributed by atoms with E-state index in [0.29, 0.717) is 12.0 Å². The second-order valence-electron chi connectivity index (χ2n) is 8.20. The van der Waals surface area contributed by atoms with Gasteiger partial charge in [0.1, 0.15) is 23.9 Å². The minimum Gasteiger partial charge on any atom is -0.462 e. The van der Waals surface area contributed by atoms with Crippen LogP contribution in [0.25, 0.3) is 0 Å². The van der Waals surface area contributed by atoms with Crippen molar-refractivity contribution in [1.29, 1.82) is 0 Å². The van der Waals surface area contributed by atoms with E-state index in [1.807, 2.05) is 18.2 Å². The topological polar surface area (TPSA) is 28.9 Å². The van der Waals surface area contributed by atoms with Crippen molar-refractivity contribution in [3.8, 4) is 0 Å². The molecule has 2 aliphatic rings. The Balaban J connectivity index is 1.33. The first-order valence-corrected chi connectivity index (χ1v) is 9.90. The first kappa shape index (κ1) is 18.7. The monoisotopic (exact) mass is 372 g/mol. The summed E-state index contributed by atoms with van der Waals surface area (Å²) in [6.45, 7) is 6.86. The molecular weight excluding hydrogens is 343 g/mol. The molecule has 0 aliphatic carbocycles. The Labute approximate surface area is 160 Å². The second kappa shape index (κ2) is 8.13. The van der Waals surface area contributed by atoms with Crippen LogP contribution >= 0.6 is 0 Å². The molecule has 3 heterocycles. The molecule has 5 heteroatoms. The van der Waals surface area contributed by atoms with Crippen molar-refractivity contribution in [2.45, 2.75) is 39.0 Å². The predicted molar refractivity (Wildman–Crippen MR) is 103 cm³/mol. The predicted octanol–water partition coefficient (Wildman–Crippen LogP) is 4.05. The molecule has 1 spiro atoms. The highest BCUT2D eigenvalue weighted by atomic mass is 19.1. The number of nitrogens with zero attached hydrogens (tertiary/aromatic N) is 2. The highest BCUT2D eigenvalue weighted by molar-refractivity contribution is 5.16. The third kappa shape index (κ3) is 4.60. The number of rotatable bonds is 6. The number of hydrogen-bond donors (Lipinski definition) is 0. The van der Waals surface area contributed by atoms with E-state index in [4.69, 9.17) is 9.15 Å². The first-order valence-electron chi connectivity index (χ1n) is 9.90. The number of ether oxygens (including phenoxy) is 1. The van der Waals surface area contributed by atoms with Gasteiger partial charge in [-0.05, 0) is 67.6 Å². The molecule has 146 valence electrons. The number of likely N-dealkylation sites (tertiary alicyclic amines) is 2. The molecule has 1 aromatic heterocycles. The van der Waals surface area contributed by atoms with E-state index in [1.165, 1.54) is 24.8 Å². The number of piperidine rings is 1. The van der Waals surface area contributed by atoms with Gasteiger partial charge in [-0.15, -0.1) is 0 Å². The average Bonchev–Trinajstić information content (AvgIpc) is 3.25. The van der Waals surface area contributed by atoms with Crippen LogP contribution in [0.2, 0.25) is 0 Å². The van der Waals surface area contributed by atoms with Gasteiger partial charge in [0.25, 0.3) is 0 Å². The number of hydrogen-bond acceptors (Lipinski definition) is 4. The van der Waals surface area contributed by atoms with Crippen molar-refractivity contribution in [2.75, 3.05) is 33.3 Å². The van der Waals surface area contributed by atoms with Crippen molar-refractivity contribution < 1.29 is 13.5 Å². The zero-order valence-electron chi connectivity index (χ0n) is 16.1. The van der Waals surface area contributed by atoms with Crippen molar-refractivity contribution in [2.24, 2.45) is 5.41 Å². The van der Waals surface area contributed by atoms with E-state index < -0.39 is 0 Å². The van der Waals surface area contributed by atoms with Gasteiger partial charge in [0.15, 0.2) is 0 Å². The molecular formula is C22H29FN2O2. The van der Waals surface area contributed by atoms with Gasteiger partial charge in [0.05, 0.1) is 6.54 Å². The standard InChI is InChI=1S/C22H29FN2O2/c1-26-15-21-8-7-20(27-21)14-25-12-10-22(17-25)9-2-11-24(16-22)13-18-3-5-19(23)6-4-18/h3-8H,2,9-17H2,1H3/t22-/m1/s1. The van der Waals surface area contributed by atoms with E-state index in [-0.39, 0.29) is 5.82 Å². The van der Waals surface area contributed by atoms with Crippen LogP contribution in [0.5, 0.6) is 0 Å². The van der Waals surface area contributed by atoms with E-state index in [0.717, 1.165) is 50.8 Å². The smallest absolute Gasteiger partial charge is 0.129 e. The number of methoxy groups -OCH3 is 1. The Morgan fingerprint density at radius 2 is 1.70 bits per heavy atom. The molecule has 0 radical (unpaired) electrons. The van der Waals surface area contributed by atoms with Crippen molar-refractivity contribution >= 4 is 0 Å². The maximum absolute atomic E-state index is 13.1. The molecule has 0 bridgehead atoms. The van der Waals surface area contributed by atoms with Crippen LogP contribution in [0, 0.1) is 11.2 Å². The van der Waals surface area contributed by atoms with Gasteiger partial charge in [-0.2, -0.15) is 0 Å². The third-order valence-corrected chi connectivity index (χ3v) is 5.96. The average molecular weight is 372 g/mol. The molecule has 0 unspecified atom stereocenters. The maximum atomic E-state index is 13.1. The van der Waals surface area contributed by atoms with Crippen LogP contribution in [-0.4, -0.2) is 43.1 Å². The summed E-state index contributed by atoms with van der Waals surface area (Å²) in [5.74, 6) is 1.76. The van der Waals surface area contributed by atoms with Crippen LogP contribution in [0.4, 0.5) is 4.39 Å². The van der Waals surface area contributed by atoms with Gasteiger partial charge in [0.2, 0.25) is 0 Å². The summed E-state index contributed by atoms with van der Waals surface area (Å²) < 4.78 is 24.1. The highest BCUT2D eigenvalue weighted by Gasteiger charge is 2.41. The van der Waals surface area contributed by atoms with E-state index in [1.54, 1.807) is 19.2 Å². The van der Waals surface area contributed by atoms with Gasteiger partial charge in [-0.3, -0.25) is 9.80 Å². The Hall–Kier alpha value is -1.69. The molecule has 4 nitrogen and oxygen atoms in total. The summed E-state index contributed by atoms with van der Waals surface area (Å²) in [6.07, 6.45) is 3.79. The molecule has 4 rings (SSSR count). The molecule has 0 amide bonds. The van der Waals surface area contributed by atoms with Crippen LogP contribution in [0.1, 0.15) is 36.3 Å². The van der Waals surface area contributed by atoms with Gasteiger partial charge in [0, 0.05) is 26.7 Å². The molecule has 27 heavy (non-hydrogen) atoms. The van der Waals surface area contributed by atoms with Crippen LogP contribution in [0.15, 0.2) is 40.8 Å². The van der Waals surface area contributed by atoms with Gasteiger partial charge in [-0.1, -0.05) is 12.1 Å². The molecule has 0 saturated carbocycles. The summed E-state index contributed by atoms with van der Waals surface area (Å²) >= 11 is 0. The summed E-state index contributed by atoms with van der Waals surface area (Å²) in [5, 5.41) is 0. The SMILES string of the molecule is COCc1ccc(CN2CC[C@@]3(CCCN(Cc4ccc(F)cc4)C3)C2)o1. The third-order valence-electron chi connectivity index (χ3n) is 5.96. The Morgan fingerprint density at radius 1 is 0.963 bits per heavy atom. The minimum absolute atomic E-state index is 0.160. The molecule has 1 atom stereocenters. The lowest BCUT2D eigenvalue weighted by molar-refractivity contribution is 0.0855. The Morgan fingerprint density at radius 3 is 2.48 bits per heavy atom. The lowest BCUT2D eigenvalue weighted by atomic mass is 9.79. The van der Waals surface area contributed by atoms with Crippen molar-refractivity contribution in [1.82, 2.24) is 9.80 Å². The normalized spacial score (nSPS) is 24.1. The largest absolute Gasteiger partial charge is 0.462 e. The van der Waals surface area contributed by atoms with Gasteiger partial charge >= 0.3 is 0 Å². The fourth-order valence-electron chi connectivity index (χ4n) is 4.74. The summed E-state index contributed by atoms with van der Waals surface area (Å²) in [7, 11) is 1.69. The molecule has 2 saturated heterocycles. The Bertz CT molecular complexity index is 745. The number of furan rings is 1.